The Labute approximate surface area is 140 Å². The van der Waals surface area contributed by atoms with Crippen molar-refractivity contribution >= 4 is 34.2 Å². The minimum atomic E-state index is 0. The molecule has 0 radical (unpaired) electrons. The molecule has 1 aliphatic heterocycles. The number of nitrogens with two attached hydrogens (primary N) is 1. The molecule has 0 aromatic heterocycles. The van der Waals surface area contributed by atoms with Gasteiger partial charge in [-0.15, -0.1) is 12.4 Å². The second kappa shape index (κ2) is 7.12. The predicted molar refractivity (Wildman–Crippen MR) is 90.4 cm³/mol. The molecule has 1 heterocycles. The van der Waals surface area contributed by atoms with E-state index in [-0.39, 0.29) is 30.4 Å². The molecule has 0 spiro atoms. The number of likely N-dealkylation sites (tertiary alicyclic amines) is 1. The van der Waals surface area contributed by atoms with Gasteiger partial charge < -0.3 is 10.6 Å². The highest BCUT2D eigenvalue weighted by Crippen LogP contribution is 2.36. The van der Waals surface area contributed by atoms with Crippen molar-refractivity contribution in [2.24, 2.45) is 11.7 Å². The van der Waals surface area contributed by atoms with Crippen LogP contribution in [0.1, 0.15) is 43.7 Å². The van der Waals surface area contributed by atoms with Crippen molar-refractivity contribution in [1.82, 2.24) is 4.90 Å². The summed E-state index contributed by atoms with van der Waals surface area (Å²) in [6.45, 7) is 0.891. The number of hydrogen-bond acceptors (Lipinski definition) is 2. The molecule has 116 valence electrons. The van der Waals surface area contributed by atoms with Gasteiger partial charge in [0.15, 0.2) is 0 Å². The molecule has 3 nitrogen and oxygen atoms in total. The summed E-state index contributed by atoms with van der Waals surface area (Å²) in [4.78, 5) is 14.8. The first-order valence-electron chi connectivity index (χ1n) is 7.46. The monoisotopic (exact) mass is 372 g/mol. The Kier molecular flexibility index (Phi) is 5.69. The average molecular weight is 374 g/mol. The van der Waals surface area contributed by atoms with Crippen LogP contribution in [0.4, 0.5) is 0 Å². The first kappa shape index (κ1) is 16.8. The molecule has 3 unspecified atom stereocenters. The van der Waals surface area contributed by atoms with Crippen LogP contribution in [0.25, 0.3) is 0 Å². The topological polar surface area (TPSA) is 46.3 Å². The zero-order valence-electron chi connectivity index (χ0n) is 12.0. The van der Waals surface area contributed by atoms with Crippen molar-refractivity contribution in [3.63, 3.8) is 0 Å². The second-order valence-corrected chi connectivity index (χ2v) is 6.93. The van der Waals surface area contributed by atoms with Crippen molar-refractivity contribution in [3.8, 4) is 0 Å². The van der Waals surface area contributed by atoms with Crippen LogP contribution in [0, 0.1) is 5.92 Å². The molecular formula is C16H22BrClN2O. The average Bonchev–Trinajstić information content (AvgIpc) is 3.06. The summed E-state index contributed by atoms with van der Waals surface area (Å²) in [6.07, 6.45) is 4.98. The van der Waals surface area contributed by atoms with E-state index in [4.69, 9.17) is 5.73 Å². The molecule has 3 atom stereocenters. The fraction of sp³-hybridized carbons (Fsp3) is 0.562. The molecule has 1 aromatic carbocycles. The standard InChI is InChI=1S/C16H21BrN2O.ClH/c17-13-4-1-3-11(9-13)15-5-2-8-19(15)16(20)12-6-7-14(18)10-12;/h1,3-4,9,12,14-15H,2,5-8,10,18H2;1H. The molecule has 5 heteroatoms. The van der Waals surface area contributed by atoms with E-state index in [2.05, 4.69) is 33.0 Å². The van der Waals surface area contributed by atoms with Gasteiger partial charge in [0.2, 0.25) is 5.91 Å². The zero-order valence-corrected chi connectivity index (χ0v) is 14.4. The predicted octanol–water partition coefficient (Wildman–Crippen LogP) is 3.66. The summed E-state index contributed by atoms with van der Waals surface area (Å²) < 4.78 is 1.08. The van der Waals surface area contributed by atoms with Crippen LogP contribution in [-0.2, 0) is 4.79 Å². The molecule has 21 heavy (non-hydrogen) atoms. The van der Waals surface area contributed by atoms with E-state index in [1.165, 1.54) is 5.56 Å². The number of carbonyl (C=O) groups excluding carboxylic acids is 1. The lowest BCUT2D eigenvalue weighted by molar-refractivity contribution is -0.136. The van der Waals surface area contributed by atoms with Crippen LogP contribution in [-0.4, -0.2) is 23.4 Å². The van der Waals surface area contributed by atoms with Gasteiger partial charge in [-0.2, -0.15) is 0 Å². The quantitative estimate of drug-likeness (QED) is 0.860. The van der Waals surface area contributed by atoms with Gasteiger partial charge in [0.05, 0.1) is 6.04 Å². The van der Waals surface area contributed by atoms with Gasteiger partial charge in [-0.3, -0.25) is 4.79 Å². The third kappa shape index (κ3) is 3.61. The Morgan fingerprint density at radius 1 is 1.29 bits per heavy atom. The molecule has 1 amide bonds. The van der Waals surface area contributed by atoms with Crippen LogP contribution < -0.4 is 5.73 Å². The lowest BCUT2D eigenvalue weighted by Crippen LogP contribution is -2.35. The van der Waals surface area contributed by atoms with Crippen molar-refractivity contribution in [3.05, 3.63) is 34.3 Å². The first-order chi connectivity index (χ1) is 9.65. The Hall–Kier alpha value is -0.580. The van der Waals surface area contributed by atoms with Gasteiger partial charge in [0.25, 0.3) is 0 Å². The number of hydrogen-bond donors (Lipinski definition) is 1. The fourth-order valence-electron chi connectivity index (χ4n) is 3.57. The molecule has 2 fully saturated rings. The van der Waals surface area contributed by atoms with Crippen LogP contribution in [0.5, 0.6) is 0 Å². The Balaban J connectivity index is 0.00000161. The Morgan fingerprint density at radius 2 is 2.10 bits per heavy atom. The van der Waals surface area contributed by atoms with E-state index >= 15 is 0 Å². The van der Waals surface area contributed by atoms with Gasteiger partial charge in [-0.05, 0) is 49.8 Å². The molecule has 1 aromatic rings. The largest absolute Gasteiger partial charge is 0.335 e. The van der Waals surface area contributed by atoms with Crippen LogP contribution in [0.15, 0.2) is 28.7 Å². The molecule has 1 saturated carbocycles. The molecule has 1 saturated heterocycles. The summed E-state index contributed by atoms with van der Waals surface area (Å²) in [5.74, 6) is 0.471. The zero-order chi connectivity index (χ0) is 14.1. The molecule has 0 bridgehead atoms. The van der Waals surface area contributed by atoms with Gasteiger partial charge in [0.1, 0.15) is 0 Å². The van der Waals surface area contributed by atoms with Crippen molar-refractivity contribution in [2.45, 2.75) is 44.2 Å². The summed E-state index contributed by atoms with van der Waals surface area (Å²) in [5.41, 5.74) is 7.19. The number of benzene rings is 1. The number of halogens is 2. The number of carbonyl (C=O) groups is 1. The third-order valence-corrected chi connectivity index (χ3v) is 5.09. The summed E-state index contributed by atoms with van der Waals surface area (Å²) in [7, 11) is 0. The van der Waals surface area contributed by atoms with Gasteiger partial charge in [0, 0.05) is 23.0 Å². The van der Waals surface area contributed by atoms with Gasteiger partial charge in [-0.25, -0.2) is 0 Å². The maximum absolute atomic E-state index is 12.7. The van der Waals surface area contributed by atoms with Gasteiger partial charge in [-0.1, -0.05) is 28.1 Å². The maximum atomic E-state index is 12.7. The SMILES string of the molecule is Cl.NC1CCC(C(=O)N2CCCC2c2cccc(Br)c2)C1. The lowest BCUT2D eigenvalue weighted by Gasteiger charge is -2.28. The van der Waals surface area contributed by atoms with E-state index in [9.17, 15) is 4.79 Å². The minimum absolute atomic E-state index is 0. The molecule has 1 aliphatic carbocycles. The molecule has 3 rings (SSSR count). The van der Waals surface area contributed by atoms with E-state index < -0.39 is 0 Å². The maximum Gasteiger partial charge on any atom is 0.226 e. The van der Waals surface area contributed by atoms with Crippen molar-refractivity contribution < 1.29 is 4.79 Å². The first-order valence-corrected chi connectivity index (χ1v) is 8.26. The summed E-state index contributed by atoms with van der Waals surface area (Å²) >= 11 is 3.52. The van der Waals surface area contributed by atoms with Crippen LogP contribution in [0.3, 0.4) is 0 Å². The summed E-state index contributed by atoms with van der Waals surface area (Å²) in [6, 6.07) is 8.80. The van der Waals surface area contributed by atoms with Gasteiger partial charge >= 0.3 is 0 Å². The highest BCUT2D eigenvalue weighted by Gasteiger charge is 2.36. The van der Waals surface area contributed by atoms with Crippen molar-refractivity contribution in [1.29, 1.82) is 0 Å². The Morgan fingerprint density at radius 3 is 2.76 bits per heavy atom. The minimum Gasteiger partial charge on any atom is -0.335 e. The smallest absolute Gasteiger partial charge is 0.226 e. The van der Waals surface area contributed by atoms with E-state index in [0.29, 0.717) is 5.91 Å². The molecule has 2 N–H and O–H groups in total. The Bertz CT molecular complexity index is 511. The van der Waals surface area contributed by atoms with Crippen molar-refractivity contribution in [2.75, 3.05) is 6.54 Å². The lowest BCUT2D eigenvalue weighted by atomic mass is 10.0. The third-order valence-electron chi connectivity index (χ3n) is 4.59. The summed E-state index contributed by atoms with van der Waals surface area (Å²) in [5, 5.41) is 0. The van der Waals surface area contributed by atoms with E-state index in [0.717, 1.165) is 43.1 Å². The number of rotatable bonds is 2. The fourth-order valence-corrected chi connectivity index (χ4v) is 3.98. The van der Waals surface area contributed by atoms with E-state index in [1.54, 1.807) is 0 Å². The van der Waals surface area contributed by atoms with Crippen LogP contribution >= 0.6 is 28.3 Å². The molecular weight excluding hydrogens is 352 g/mol. The number of nitrogens with zero attached hydrogens (tertiary/aromatic N) is 1. The van der Waals surface area contributed by atoms with E-state index in [1.807, 2.05) is 12.1 Å². The number of amides is 1. The van der Waals surface area contributed by atoms with Crippen LogP contribution in [0.2, 0.25) is 0 Å². The normalized spacial score (nSPS) is 28.5. The highest BCUT2D eigenvalue weighted by molar-refractivity contribution is 9.10. The molecule has 2 aliphatic rings. The highest BCUT2D eigenvalue weighted by atomic mass is 79.9. The second-order valence-electron chi connectivity index (χ2n) is 6.01.